The van der Waals surface area contributed by atoms with Gasteiger partial charge in [0.25, 0.3) is 0 Å². The normalized spacial score (nSPS) is 13.5. The molecule has 1 rings (SSSR count). The minimum atomic E-state index is -4.74. The van der Waals surface area contributed by atoms with Crippen molar-refractivity contribution in [1.82, 2.24) is 4.72 Å². The third-order valence-electron chi connectivity index (χ3n) is 2.72. The Morgan fingerprint density at radius 3 is 2.33 bits per heavy atom. The number of alkyl halides is 3. The molecule has 0 aromatic heterocycles. The van der Waals surface area contributed by atoms with Gasteiger partial charge in [0.05, 0.1) is 15.5 Å². The van der Waals surface area contributed by atoms with Crippen molar-refractivity contribution in [2.75, 3.05) is 13.2 Å². The zero-order valence-corrected chi connectivity index (χ0v) is 12.9. The first kappa shape index (κ1) is 18.2. The number of aliphatic hydroxyl groups excluding tert-OH is 1. The van der Waals surface area contributed by atoms with Gasteiger partial charge in [-0.1, -0.05) is 25.4 Å². The van der Waals surface area contributed by atoms with Gasteiger partial charge in [-0.2, -0.15) is 13.2 Å². The molecule has 0 spiro atoms. The van der Waals surface area contributed by atoms with Crippen LogP contribution in [-0.2, 0) is 16.2 Å². The van der Waals surface area contributed by atoms with Gasteiger partial charge in [0.2, 0.25) is 10.0 Å². The topological polar surface area (TPSA) is 66.4 Å². The molecule has 0 radical (unpaired) electrons. The summed E-state index contributed by atoms with van der Waals surface area (Å²) in [6.07, 6.45) is -4.74. The number of halogens is 4. The van der Waals surface area contributed by atoms with E-state index in [-0.39, 0.29) is 13.2 Å². The van der Waals surface area contributed by atoms with Crippen LogP contribution in [0, 0.1) is 5.41 Å². The SMILES string of the molecule is CC(C)(CO)CNS(=O)(=O)c1ccc(Cl)c(C(F)(F)F)c1. The van der Waals surface area contributed by atoms with Crippen molar-refractivity contribution in [3.8, 4) is 0 Å². The molecule has 0 bridgehead atoms. The van der Waals surface area contributed by atoms with Gasteiger partial charge in [0.15, 0.2) is 0 Å². The molecule has 0 aliphatic rings. The largest absolute Gasteiger partial charge is 0.417 e. The molecule has 0 atom stereocenters. The second kappa shape index (κ2) is 6.12. The summed E-state index contributed by atoms with van der Waals surface area (Å²) in [6.45, 7) is 2.83. The van der Waals surface area contributed by atoms with E-state index in [4.69, 9.17) is 16.7 Å². The molecular weight excluding hydrogens is 331 g/mol. The molecule has 1 aromatic carbocycles. The molecule has 0 amide bonds. The van der Waals surface area contributed by atoms with Gasteiger partial charge in [-0.25, -0.2) is 13.1 Å². The number of rotatable bonds is 5. The van der Waals surface area contributed by atoms with Gasteiger partial charge in [-0.15, -0.1) is 0 Å². The molecule has 0 unspecified atom stereocenters. The van der Waals surface area contributed by atoms with Crippen molar-refractivity contribution in [2.24, 2.45) is 5.41 Å². The molecule has 120 valence electrons. The predicted octanol–water partition coefficient (Wildman–Crippen LogP) is 2.66. The maximum absolute atomic E-state index is 12.7. The van der Waals surface area contributed by atoms with Crippen LogP contribution in [0.2, 0.25) is 5.02 Å². The molecule has 0 heterocycles. The first-order chi connectivity index (χ1) is 9.39. The summed E-state index contributed by atoms with van der Waals surface area (Å²) in [6, 6.07) is 2.36. The van der Waals surface area contributed by atoms with Gasteiger partial charge in [0.1, 0.15) is 0 Å². The molecule has 0 saturated carbocycles. The molecule has 0 saturated heterocycles. The van der Waals surface area contributed by atoms with Crippen molar-refractivity contribution in [2.45, 2.75) is 24.9 Å². The monoisotopic (exact) mass is 345 g/mol. The first-order valence-corrected chi connectivity index (χ1v) is 7.72. The lowest BCUT2D eigenvalue weighted by atomic mass is 9.96. The highest BCUT2D eigenvalue weighted by Crippen LogP contribution is 2.35. The van der Waals surface area contributed by atoms with Gasteiger partial charge in [-0.3, -0.25) is 0 Å². The lowest BCUT2D eigenvalue weighted by Gasteiger charge is -2.22. The Morgan fingerprint density at radius 2 is 1.86 bits per heavy atom. The van der Waals surface area contributed by atoms with Gasteiger partial charge >= 0.3 is 6.18 Å². The second-order valence-corrected chi connectivity index (χ2v) is 7.46. The Bertz CT molecular complexity index is 615. The third kappa shape index (κ3) is 4.84. The fourth-order valence-electron chi connectivity index (χ4n) is 1.32. The average molecular weight is 346 g/mol. The Labute approximate surface area is 126 Å². The number of benzene rings is 1. The molecule has 0 aliphatic heterocycles. The fourth-order valence-corrected chi connectivity index (χ4v) is 2.81. The van der Waals surface area contributed by atoms with Crippen LogP contribution in [0.5, 0.6) is 0 Å². The van der Waals surface area contributed by atoms with Crippen molar-refractivity contribution >= 4 is 21.6 Å². The van der Waals surface area contributed by atoms with E-state index < -0.39 is 37.1 Å². The molecule has 2 N–H and O–H groups in total. The first-order valence-electron chi connectivity index (χ1n) is 5.86. The van der Waals surface area contributed by atoms with Gasteiger partial charge in [0, 0.05) is 18.6 Å². The Kier molecular flexibility index (Phi) is 5.31. The van der Waals surface area contributed by atoms with E-state index >= 15 is 0 Å². The van der Waals surface area contributed by atoms with Crippen molar-refractivity contribution in [3.05, 3.63) is 28.8 Å². The summed E-state index contributed by atoms with van der Waals surface area (Å²) >= 11 is 5.43. The quantitative estimate of drug-likeness (QED) is 0.862. The molecule has 0 fully saturated rings. The van der Waals surface area contributed by atoms with E-state index in [0.717, 1.165) is 12.1 Å². The van der Waals surface area contributed by atoms with E-state index in [9.17, 15) is 21.6 Å². The van der Waals surface area contributed by atoms with Crippen molar-refractivity contribution < 1.29 is 26.7 Å². The highest BCUT2D eigenvalue weighted by Gasteiger charge is 2.34. The smallest absolute Gasteiger partial charge is 0.396 e. The number of aliphatic hydroxyl groups is 1. The van der Waals surface area contributed by atoms with Gasteiger partial charge < -0.3 is 5.11 Å². The lowest BCUT2D eigenvalue weighted by molar-refractivity contribution is -0.137. The van der Waals surface area contributed by atoms with Crippen LogP contribution in [0.4, 0.5) is 13.2 Å². The van der Waals surface area contributed by atoms with Crippen LogP contribution in [0.25, 0.3) is 0 Å². The van der Waals surface area contributed by atoms with Crippen LogP contribution in [-0.4, -0.2) is 26.7 Å². The minimum Gasteiger partial charge on any atom is -0.396 e. The third-order valence-corrected chi connectivity index (χ3v) is 4.45. The average Bonchev–Trinajstić information content (AvgIpc) is 2.35. The molecule has 0 aliphatic carbocycles. The van der Waals surface area contributed by atoms with Crippen LogP contribution in [0.1, 0.15) is 19.4 Å². The van der Waals surface area contributed by atoms with Crippen molar-refractivity contribution in [1.29, 1.82) is 0 Å². The van der Waals surface area contributed by atoms with E-state index in [1.165, 1.54) is 0 Å². The Morgan fingerprint density at radius 1 is 1.29 bits per heavy atom. The van der Waals surface area contributed by atoms with Gasteiger partial charge in [-0.05, 0) is 18.2 Å². The van der Waals surface area contributed by atoms with Crippen molar-refractivity contribution in [3.63, 3.8) is 0 Å². The van der Waals surface area contributed by atoms with E-state index in [1.807, 2.05) is 0 Å². The number of hydrogen-bond acceptors (Lipinski definition) is 3. The summed E-state index contributed by atoms with van der Waals surface area (Å²) in [7, 11) is -4.12. The standard InChI is InChI=1S/C12H15ClF3NO3S/c1-11(2,7-18)6-17-21(19,20)8-3-4-10(13)9(5-8)12(14,15)16/h3-5,17-18H,6-7H2,1-2H3. The molecule has 9 heteroatoms. The van der Waals surface area contributed by atoms with E-state index in [1.54, 1.807) is 13.8 Å². The maximum atomic E-state index is 12.7. The summed E-state index contributed by atoms with van der Waals surface area (Å²) in [4.78, 5) is -0.534. The molecule has 1 aromatic rings. The highest BCUT2D eigenvalue weighted by atomic mass is 35.5. The predicted molar refractivity (Wildman–Crippen MR) is 72.5 cm³/mol. The van der Waals surface area contributed by atoms with Crippen LogP contribution in [0.3, 0.4) is 0 Å². The minimum absolute atomic E-state index is 0.115. The summed E-state index contributed by atoms with van der Waals surface area (Å²) in [5.41, 5.74) is -1.94. The van der Waals surface area contributed by atoms with Crippen LogP contribution >= 0.6 is 11.6 Å². The van der Waals surface area contributed by atoms with Crippen LogP contribution in [0.15, 0.2) is 23.1 Å². The zero-order chi connectivity index (χ0) is 16.5. The second-order valence-electron chi connectivity index (χ2n) is 5.29. The zero-order valence-electron chi connectivity index (χ0n) is 11.3. The Balaban J connectivity index is 3.10. The summed E-state index contributed by atoms with van der Waals surface area (Å²) in [5, 5.41) is 8.48. The lowest BCUT2D eigenvalue weighted by Crippen LogP contribution is -2.36. The maximum Gasteiger partial charge on any atom is 0.417 e. The molecule has 21 heavy (non-hydrogen) atoms. The molecule has 4 nitrogen and oxygen atoms in total. The fraction of sp³-hybridized carbons (Fsp3) is 0.500. The number of nitrogens with one attached hydrogen (secondary N) is 1. The molecular formula is C12H15ClF3NO3S. The number of hydrogen-bond donors (Lipinski definition) is 2. The summed E-state index contributed by atoms with van der Waals surface area (Å²) < 4.78 is 64.3. The van der Waals surface area contributed by atoms with Crippen LogP contribution < -0.4 is 4.72 Å². The highest BCUT2D eigenvalue weighted by molar-refractivity contribution is 7.89. The van der Waals surface area contributed by atoms with E-state index in [0.29, 0.717) is 6.07 Å². The van der Waals surface area contributed by atoms with E-state index in [2.05, 4.69) is 4.72 Å². The number of sulfonamides is 1. The summed E-state index contributed by atoms with van der Waals surface area (Å²) in [5.74, 6) is 0. The Hall–Kier alpha value is -0.830.